The fourth-order valence-electron chi connectivity index (χ4n) is 1.05. The van der Waals surface area contributed by atoms with Gasteiger partial charge in [-0.2, -0.15) is 0 Å². The lowest BCUT2D eigenvalue weighted by molar-refractivity contribution is -0.194. The van der Waals surface area contributed by atoms with Crippen LogP contribution in [0.15, 0.2) is 0 Å². The van der Waals surface area contributed by atoms with Gasteiger partial charge in [-0.1, -0.05) is 6.92 Å². The van der Waals surface area contributed by atoms with E-state index in [2.05, 4.69) is 0 Å². The highest BCUT2D eigenvalue weighted by Gasteiger charge is 2.40. The lowest BCUT2D eigenvalue weighted by Crippen LogP contribution is -2.49. The first-order valence-electron chi connectivity index (χ1n) is 3.66. The first kappa shape index (κ1) is 8.49. The predicted octanol–water partition coefficient (Wildman–Crippen LogP) is 0.267. The zero-order valence-electron chi connectivity index (χ0n) is 6.50. The van der Waals surface area contributed by atoms with Crippen molar-refractivity contribution in [3.05, 3.63) is 0 Å². The molecule has 1 unspecified atom stereocenters. The number of carbonyl (C=O) groups is 1. The molecule has 1 saturated heterocycles. The molecule has 1 N–H and O–H groups in total. The molecule has 0 spiro atoms. The van der Waals surface area contributed by atoms with Crippen LogP contribution in [-0.4, -0.2) is 36.5 Å². The molecule has 1 atom stereocenters. The summed E-state index contributed by atoms with van der Waals surface area (Å²) < 4.78 is 10.2. The van der Waals surface area contributed by atoms with Crippen molar-refractivity contribution in [1.29, 1.82) is 0 Å². The lowest BCUT2D eigenvalue weighted by Gasteiger charge is -2.31. The van der Waals surface area contributed by atoms with Crippen molar-refractivity contribution in [2.45, 2.75) is 18.9 Å². The van der Waals surface area contributed by atoms with Crippen molar-refractivity contribution in [1.82, 2.24) is 0 Å². The average Bonchev–Trinajstić information content (AvgIpc) is 2.05. The molecule has 0 radical (unpaired) electrons. The van der Waals surface area contributed by atoms with Gasteiger partial charge in [0.25, 0.3) is 0 Å². The summed E-state index contributed by atoms with van der Waals surface area (Å²) in [7, 11) is 0. The molecule has 1 fully saturated rings. The van der Waals surface area contributed by atoms with Crippen LogP contribution in [0.4, 0.5) is 0 Å². The van der Waals surface area contributed by atoms with Gasteiger partial charge in [0.05, 0.1) is 19.8 Å². The highest BCUT2D eigenvalue weighted by atomic mass is 16.6. The third-order valence-electron chi connectivity index (χ3n) is 1.90. The van der Waals surface area contributed by atoms with Gasteiger partial charge in [0.2, 0.25) is 0 Å². The lowest BCUT2D eigenvalue weighted by atomic mass is 10.0. The van der Waals surface area contributed by atoms with E-state index < -0.39 is 11.6 Å². The van der Waals surface area contributed by atoms with Crippen LogP contribution >= 0.6 is 0 Å². The van der Waals surface area contributed by atoms with E-state index in [1.807, 2.05) is 0 Å². The fourth-order valence-corrected chi connectivity index (χ4v) is 1.05. The minimum atomic E-state index is -1.09. The maximum Gasteiger partial charge on any atom is 0.338 e. The summed E-state index contributed by atoms with van der Waals surface area (Å²) in [6, 6.07) is 0. The van der Waals surface area contributed by atoms with E-state index in [1.54, 1.807) is 6.92 Å². The molecule has 1 aliphatic rings. The summed E-state index contributed by atoms with van der Waals surface area (Å²) in [4.78, 5) is 10.7. The molecule has 1 aliphatic heterocycles. The van der Waals surface area contributed by atoms with Crippen molar-refractivity contribution in [3.8, 4) is 0 Å². The van der Waals surface area contributed by atoms with Gasteiger partial charge in [-0.3, -0.25) is 0 Å². The van der Waals surface area contributed by atoms with Crippen molar-refractivity contribution in [2.24, 2.45) is 0 Å². The van der Waals surface area contributed by atoms with E-state index >= 15 is 0 Å². The third kappa shape index (κ3) is 1.52. The van der Waals surface area contributed by atoms with Gasteiger partial charge in [0, 0.05) is 0 Å². The summed E-state index contributed by atoms with van der Waals surface area (Å²) in [5, 5.41) is 8.78. The molecule has 4 heteroatoms. The van der Waals surface area contributed by atoms with Gasteiger partial charge in [-0.05, 0) is 6.42 Å². The van der Waals surface area contributed by atoms with Crippen LogP contribution in [0, 0.1) is 0 Å². The van der Waals surface area contributed by atoms with Crippen LogP contribution < -0.4 is 0 Å². The second-order valence-electron chi connectivity index (χ2n) is 2.55. The quantitative estimate of drug-likeness (QED) is 0.629. The van der Waals surface area contributed by atoms with E-state index in [-0.39, 0.29) is 6.61 Å². The first-order chi connectivity index (χ1) is 5.21. The summed E-state index contributed by atoms with van der Waals surface area (Å²) >= 11 is 0. The zero-order chi connectivity index (χ0) is 8.32. The number of hydrogen-bond donors (Lipinski definition) is 1. The molecule has 0 amide bonds. The number of ether oxygens (including phenoxy) is 2. The minimum absolute atomic E-state index is 0.166. The Morgan fingerprint density at radius 3 is 2.64 bits per heavy atom. The molecule has 11 heavy (non-hydrogen) atoms. The van der Waals surface area contributed by atoms with Crippen LogP contribution in [0.5, 0.6) is 0 Å². The number of hydrogen-bond acceptors (Lipinski definition) is 3. The third-order valence-corrected chi connectivity index (χ3v) is 1.90. The zero-order valence-corrected chi connectivity index (χ0v) is 6.50. The topological polar surface area (TPSA) is 55.8 Å². The number of rotatable bonds is 2. The van der Waals surface area contributed by atoms with Gasteiger partial charge in [-0.25, -0.2) is 4.79 Å². The molecule has 4 nitrogen and oxygen atoms in total. The molecule has 0 aromatic carbocycles. The Hall–Kier alpha value is -0.610. The van der Waals surface area contributed by atoms with Crippen molar-refractivity contribution in [2.75, 3.05) is 19.8 Å². The second-order valence-corrected chi connectivity index (χ2v) is 2.55. The van der Waals surface area contributed by atoms with Crippen molar-refractivity contribution in [3.63, 3.8) is 0 Å². The highest BCUT2D eigenvalue weighted by molar-refractivity contribution is 5.77. The van der Waals surface area contributed by atoms with E-state index in [1.165, 1.54) is 0 Å². The minimum Gasteiger partial charge on any atom is -0.479 e. The Morgan fingerprint density at radius 1 is 1.64 bits per heavy atom. The molecule has 0 bridgehead atoms. The Labute approximate surface area is 65.1 Å². The summed E-state index contributed by atoms with van der Waals surface area (Å²) in [5.41, 5.74) is -1.09. The Balaban J connectivity index is 2.64. The van der Waals surface area contributed by atoms with Crippen LogP contribution in [0.1, 0.15) is 13.3 Å². The normalized spacial score (nSPS) is 31.7. The number of carboxylic acid groups (broad SMARTS) is 1. The second kappa shape index (κ2) is 3.19. The van der Waals surface area contributed by atoms with Crippen LogP contribution in [0.3, 0.4) is 0 Å². The van der Waals surface area contributed by atoms with E-state index in [0.29, 0.717) is 19.6 Å². The van der Waals surface area contributed by atoms with Gasteiger partial charge < -0.3 is 14.6 Å². The monoisotopic (exact) mass is 160 g/mol. The molecule has 0 aromatic heterocycles. The largest absolute Gasteiger partial charge is 0.479 e. The van der Waals surface area contributed by atoms with E-state index in [9.17, 15) is 4.79 Å². The van der Waals surface area contributed by atoms with E-state index in [4.69, 9.17) is 14.6 Å². The van der Waals surface area contributed by atoms with Crippen molar-refractivity contribution < 1.29 is 19.4 Å². The maximum absolute atomic E-state index is 10.7. The first-order valence-corrected chi connectivity index (χ1v) is 3.66. The molecule has 1 heterocycles. The van der Waals surface area contributed by atoms with Crippen LogP contribution in [0.2, 0.25) is 0 Å². The van der Waals surface area contributed by atoms with Gasteiger partial charge in [0.15, 0.2) is 5.60 Å². The Bertz CT molecular complexity index is 149. The highest BCUT2D eigenvalue weighted by Crippen LogP contribution is 2.19. The summed E-state index contributed by atoms with van der Waals surface area (Å²) in [6.07, 6.45) is 0.447. The molecule has 0 saturated carbocycles. The summed E-state index contributed by atoms with van der Waals surface area (Å²) in [6.45, 7) is 2.82. The predicted molar refractivity (Wildman–Crippen MR) is 37.4 cm³/mol. The fraction of sp³-hybridized carbons (Fsp3) is 0.857. The molecule has 64 valence electrons. The number of aliphatic carboxylic acids is 1. The van der Waals surface area contributed by atoms with Crippen LogP contribution in [-0.2, 0) is 14.3 Å². The van der Waals surface area contributed by atoms with Crippen molar-refractivity contribution >= 4 is 5.97 Å². The van der Waals surface area contributed by atoms with Gasteiger partial charge in [0.1, 0.15) is 0 Å². The summed E-state index contributed by atoms with van der Waals surface area (Å²) in [5.74, 6) is -0.931. The molecule has 0 aliphatic carbocycles. The average molecular weight is 160 g/mol. The molecular formula is C7H12O4. The number of carboxylic acids is 1. The van der Waals surface area contributed by atoms with Gasteiger partial charge >= 0.3 is 5.97 Å². The SMILES string of the molecule is CCC1(C(=O)O)COCCO1. The molecule has 1 rings (SSSR count). The van der Waals surface area contributed by atoms with Crippen LogP contribution in [0.25, 0.3) is 0 Å². The Morgan fingerprint density at radius 2 is 2.36 bits per heavy atom. The molecule has 0 aromatic rings. The Kier molecular flexibility index (Phi) is 2.46. The van der Waals surface area contributed by atoms with Gasteiger partial charge in [-0.15, -0.1) is 0 Å². The standard InChI is InChI=1S/C7H12O4/c1-2-7(6(8)9)5-10-3-4-11-7/h2-5H2,1H3,(H,8,9). The van der Waals surface area contributed by atoms with E-state index in [0.717, 1.165) is 0 Å². The maximum atomic E-state index is 10.7. The smallest absolute Gasteiger partial charge is 0.338 e. The molecular weight excluding hydrogens is 148 g/mol.